The molecule has 0 heterocycles. The molecular formula is C12H14F2O. The fourth-order valence-electron chi connectivity index (χ4n) is 1.40. The van der Waals surface area contributed by atoms with Gasteiger partial charge in [0.1, 0.15) is 5.78 Å². The number of carbonyl (C=O) groups excluding carboxylic acids is 1. The summed E-state index contributed by atoms with van der Waals surface area (Å²) in [6.07, 6.45) is -0.00976. The summed E-state index contributed by atoms with van der Waals surface area (Å²) in [7, 11) is 0. The maximum atomic E-state index is 13.3. The van der Waals surface area contributed by atoms with E-state index < -0.39 is 5.92 Å². The Balaban J connectivity index is 2.97. The van der Waals surface area contributed by atoms with Gasteiger partial charge in [0.25, 0.3) is 5.92 Å². The van der Waals surface area contributed by atoms with Crippen molar-refractivity contribution in [3.05, 3.63) is 35.4 Å². The summed E-state index contributed by atoms with van der Waals surface area (Å²) in [5, 5.41) is 0. The van der Waals surface area contributed by atoms with Crippen LogP contribution in [0.2, 0.25) is 0 Å². The van der Waals surface area contributed by atoms with Gasteiger partial charge in [-0.2, -0.15) is 0 Å². The Bertz CT molecular complexity index is 358. The first-order valence-electron chi connectivity index (χ1n) is 4.92. The van der Waals surface area contributed by atoms with Gasteiger partial charge in [0.15, 0.2) is 0 Å². The first-order chi connectivity index (χ1) is 6.95. The SMILES string of the molecule is CCC(F)(F)c1cccc(CC(C)=O)c1. The summed E-state index contributed by atoms with van der Waals surface area (Å²) in [6, 6.07) is 6.06. The van der Waals surface area contributed by atoms with Gasteiger partial charge >= 0.3 is 0 Å². The van der Waals surface area contributed by atoms with Crippen molar-refractivity contribution in [3.8, 4) is 0 Å². The lowest BCUT2D eigenvalue weighted by Gasteiger charge is -2.14. The molecule has 0 aliphatic heterocycles. The van der Waals surface area contributed by atoms with Gasteiger partial charge in [0.2, 0.25) is 0 Å². The van der Waals surface area contributed by atoms with E-state index in [9.17, 15) is 13.6 Å². The molecule has 0 aliphatic rings. The van der Waals surface area contributed by atoms with E-state index in [-0.39, 0.29) is 24.2 Å². The summed E-state index contributed by atoms with van der Waals surface area (Å²) in [6.45, 7) is 2.89. The van der Waals surface area contributed by atoms with Crippen molar-refractivity contribution >= 4 is 5.78 Å². The molecule has 0 N–H and O–H groups in total. The summed E-state index contributed by atoms with van der Waals surface area (Å²) < 4.78 is 26.6. The molecule has 0 amide bonds. The van der Waals surface area contributed by atoms with Gasteiger partial charge in [-0.25, -0.2) is 8.78 Å². The Morgan fingerprint density at radius 1 is 1.40 bits per heavy atom. The highest BCUT2D eigenvalue weighted by Crippen LogP contribution is 2.31. The highest BCUT2D eigenvalue weighted by Gasteiger charge is 2.28. The van der Waals surface area contributed by atoms with Gasteiger partial charge in [0.05, 0.1) is 0 Å². The van der Waals surface area contributed by atoms with Crippen molar-refractivity contribution in [1.29, 1.82) is 0 Å². The van der Waals surface area contributed by atoms with E-state index in [4.69, 9.17) is 0 Å². The molecule has 82 valence electrons. The van der Waals surface area contributed by atoms with Gasteiger partial charge in [-0.15, -0.1) is 0 Å². The molecule has 0 bridgehead atoms. The highest BCUT2D eigenvalue weighted by atomic mass is 19.3. The van der Waals surface area contributed by atoms with Crippen molar-refractivity contribution in [3.63, 3.8) is 0 Å². The molecule has 0 aromatic heterocycles. The van der Waals surface area contributed by atoms with Crippen LogP contribution in [0.4, 0.5) is 8.78 Å². The number of rotatable bonds is 4. The van der Waals surface area contributed by atoms with E-state index in [2.05, 4.69) is 0 Å². The van der Waals surface area contributed by atoms with E-state index in [1.165, 1.54) is 26.0 Å². The Morgan fingerprint density at radius 3 is 2.60 bits per heavy atom. The molecule has 0 saturated carbocycles. The number of benzene rings is 1. The summed E-state index contributed by atoms with van der Waals surface area (Å²) in [5.74, 6) is -2.82. The zero-order chi connectivity index (χ0) is 11.5. The summed E-state index contributed by atoms with van der Waals surface area (Å²) in [4.78, 5) is 10.9. The van der Waals surface area contributed by atoms with Gasteiger partial charge in [-0.1, -0.05) is 25.1 Å². The van der Waals surface area contributed by atoms with Crippen LogP contribution in [-0.4, -0.2) is 5.78 Å². The molecule has 15 heavy (non-hydrogen) atoms. The van der Waals surface area contributed by atoms with Gasteiger partial charge in [-0.3, -0.25) is 4.79 Å². The van der Waals surface area contributed by atoms with Crippen molar-refractivity contribution in [1.82, 2.24) is 0 Å². The Morgan fingerprint density at radius 2 is 2.07 bits per heavy atom. The molecule has 0 atom stereocenters. The number of Topliss-reactive ketones (excluding diaryl/α,β-unsaturated/α-hetero) is 1. The number of hydrogen-bond donors (Lipinski definition) is 0. The molecule has 0 fully saturated rings. The fraction of sp³-hybridized carbons (Fsp3) is 0.417. The molecule has 0 saturated heterocycles. The zero-order valence-corrected chi connectivity index (χ0v) is 8.89. The topological polar surface area (TPSA) is 17.1 Å². The third kappa shape index (κ3) is 3.11. The molecule has 0 spiro atoms. The average Bonchev–Trinajstić information content (AvgIpc) is 2.17. The van der Waals surface area contributed by atoms with Crippen LogP contribution < -0.4 is 0 Å². The highest BCUT2D eigenvalue weighted by molar-refractivity contribution is 5.78. The molecule has 1 nitrogen and oxygen atoms in total. The normalized spacial score (nSPS) is 11.5. The van der Waals surface area contributed by atoms with E-state index in [1.807, 2.05) is 0 Å². The van der Waals surface area contributed by atoms with Crippen LogP contribution in [0.3, 0.4) is 0 Å². The van der Waals surface area contributed by atoms with Crippen molar-refractivity contribution in [2.75, 3.05) is 0 Å². The molecule has 3 heteroatoms. The molecule has 1 aromatic rings. The zero-order valence-electron chi connectivity index (χ0n) is 8.89. The lowest BCUT2D eigenvalue weighted by Crippen LogP contribution is -2.12. The third-order valence-electron chi connectivity index (χ3n) is 2.25. The maximum Gasteiger partial charge on any atom is 0.273 e. The second-order valence-electron chi connectivity index (χ2n) is 3.64. The van der Waals surface area contributed by atoms with E-state index >= 15 is 0 Å². The molecule has 1 rings (SSSR count). The minimum absolute atomic E-state index is 0.0104. The number of hydrogen-bond acceptors (Lipinski definition) is 1. The summed E-state index contributed by atoms with van der Waals surface area (Å²) in [5.41, 5.74) is 0.636. The van der Waals surface area contributed by atoms with Crippen molar-refractivity contribution in [2.45, 2.75) is 32.6 Å². The lowest BCUT2D eigenvalue weighted by atomic mass is 10.0. The molecular weight excluding hydrogens is 198 g/mol. The van der Waals surface area contributed by atoms with E-state index in [1.54, 1.807) is 12.1 Å². The maximum absolute atomic E-state index is 13.3. The monoisotopic (exact) mass is 212 g/mol. The second kappa shape index (κ2) is 4.51. The van der Waals surface area contributed by atoms with Gasteiger partial charge in [-0.05, 0) is 18.6 Å². The second-order valence-corrected chi connectivity index (χ2v) is 3.64. The Labute approximate surface area is 88.1 Å². The fourth-order valence-corrected chi connectivity index (χ4v) is 1.40. The van der Waals surface area contributed by atoms with Crippen LogP contribution in [0.25, 0.3) is 0 Å². The smallest absolute Gasteiger partial charge is 0.273 e. The van der Waals surface area contributed by atoms with E-state index in [0.29, 0.717) is 5.56 Å². The minimum Gasteiger partial charge on any atom is -0.300 e. The number of ketones is 1. The number of carbonyl (C=O) groups is 1. The predicted molar refractivity (Wildman–Crippen MR) is 55.0 cm³/mol. The molecule has 0 unspecified atom stereocenters. The first-order valence-corrected chi connectivity index (χ1v) is 4.92. The average molecular weight is 212 g/mol. The standard InChI is InChI=1S/C12H14F2O/c1-3-12(13,14)11-6-4-5-10(8-11)7-9(2)15/h4-6,8H,3,7H2,1-2H3. The number of halogens is 2. The first kappa shape index (κ1) is 11.8. The quantitative estimate of drug-likeness (QED) is 0.748. The Kier molecular flexibility index (Phi) is 3.56. The minimum atomic E-state index is -2.80. The van der Waals surface area contributed by atoms with Crippen molar-refractivity contribution in [2.24, 2.45) is 0 Å². The van der Waals surface area contributed by atoms with Crippen molar-refractivity contribution < 1.29 is 13.6 Å². The Hall–Kier alpha value is -1.25. The van der Waals surface area contributed by atoms with Crippen LogP contribution >= 0.6 is 0 Å². The predicted octanol–water partition coefficient (Wildman–Crippen LogP) is 3.32. The van der Waals surface area contributed by atoms with Crippen LogP contribution in [0, 0.1) is 0 Å². The van der Waals surface area contributed by atoms with Crippen LogP contribution in [-0.2, 0) is 17.1 Å². The largest absolute Gasteiger partial charge is 0.300 e. The van der Waals surface area contributed by atoms with Crippen LogP contribution in [0.5, 0.6) is 0 Å². The van der Waals surface area contributed by atoms with Crippen LogP contribution in [0.15, 0.2) is 24.3 Å². The van der Waals surface area contributed by atoms with Gasteiger partial charge < -0.3 is 0 Å². The molecule has 0 radical (unpaired) electrons. The van der Waals surface area contributed by atoms with Gasteiger partial charge in [0, 0.05) is 18.4 Å². The van der Waals surface area contributed by atoms with E-state index in [0.717, 1.165) is 0 Å². The van der Waals surface area contributed by atoms with Crippen LogP contribution in [0.1, 0.15) is 31.4 Å². The molecule has 0 aliphatic carbocycles. The lowest BCUT2D eigenvalue weighted by molar-refractivity contribution is -0.116. The number of alkyl halides is 2. The summed E-state index contributed by atoms with van der Waals surface area (Å²) >= 11 is 0. The third-order valence-corrected chi connectivity index (χ3v) is 2.25. The molecule has 1 aromatic carbocycles.